The molecule has 0 spiro atoms. The van der Waals surface area contributed by atoms with E-state index in [9.17, 15) is 13.5 Å². The van der Waals surface area contributed by atoms with Gasteiger partial charge in [-0.3, -0.25) is 0 Å². The predicted molar refractivity (Wildman–Crippen MR) is 94.5 cm³/mol. The first-order chi connectivity index (χ1) is 12.0. The van der Waals surface area contributed by atoms with Gasteiger partial charge in [0.2, 0.25) is 0 Å². The highest BCUT2D eigenvalue weighted by molar-refractivity contribution is 7.90. The van der Waals surface area contributed by atoms with Gasteiger partial charge in [-0.05, 0) is 29.8 Å². The molecular weight excluding hydrogens is 342 g/mol. The average Bonchev–Trinajstić information content (AvgIpc) is 2.90. The summed E-state index contributed by atoms with van der Waals surface area (Å²) in [7, 11) is -2.17. The zero-order chi connectivity index (χ0) is 17.9. The van der Waals surface area contributed by atoms with E-state index in [0.717, 1.165) is 5.56 Å². The molecule has 3 rings (SSSR count). The monoisotopic (exact) mass is 359 g/mol. The van der Waals surface area contributed by atoms with Crippen LogP contribution in [0.25, 0.3) is 0 Å². The highest BCUT2D eigenvalue weighted by atomic mass is 32.2. The van der Waals surface area contributed by atoms with Crippen LogP contribution in [0.5, 0.6) is 5.75 Å². The van der Waals surface area contributed by atoms with E-state index in [2.05, 4.69) is 9.50 Å². The molecule has 0 unspecified atom stereocenters. The minimum absolute atomic E-state index is 0.114. The molecular formula is C17H17N3O4S. The zero-order valence-electron chi connectivity index (χ0n) is 13.5. The molecule has 0 bridgehead atoms. The molecule has 0 saturated heterocycles. The first-order valence-electron chi connectivity index (χ1n) is 7.56. The largest absolute Gasteiger partial charge is 0.497 e. The summed E-state index contributed by atoms with van der Waals surface area (Å²) in [6.45, 7) is -0.0835. The number of aliphatic hydroxyl groups is 1. The lowest BCUT2D eigenvalue weighted by Crippen LogP contribution is -2.28. The number of aliphatic hydroxyl groups excluding tert-OH is 1. The van der Waals surface area contributed by atoms with Crippen LogP contribution < -0.4 is 4.74 Å². The van der Waals surface area contributed by atoms with Crippen LogP contribution in [0.1, 0.15) is 11.1 Å². The van der Waals surface area contributed by atoms with Crippen molar-refractivity contribution < 1.29 is 18.3 Å². The van der Waals surface area contributed by atoms with E-state index in [1.54, 1.807) is 37.6 Å². The van der Waals surface area contributed by atoms with Gasteiger partial charge in [-0.25, -0.2) is 5.01 Å². The second-order valence-corrected chi connectivity index (χ2v) is 6.83. The fourth-order valence-electron chi connectivity index (χ4n) is 2.45. The van der Waals surface area contributed by atoms with Crippen LogP contribution in [0.4, 0.5) is 0 Å². The number of sulfonamides is 1. The van der Waals surface area contributed by atoms with Gasteiger partial charge in [0.25, 0.3) is 10.0 Å². The SMILES string of the molecule is COc1cccc(C=NN(CCO)C2=NS(=O)(=O)c3ccccc32)c1. The van der Waals surface area contributed by atoms with E-state index in [1.807, 2.05) is 18.2 Å². The molecule has 0 fully saturated rings. The van der Waals surface area contributed by atoms with E-state index < -0.39 is 10.0 Å². The number of hydrogen-bond acceptors (Lipinski definition) is 6. The van der Waals surface area contributed by atoms with Crippen molar-refractivity contribution in [3.05, 3.63) is 59.7 Å². The molecule has 1 aliphatic heterocycles. The van der Waals surface area contributed by atoms with Gasteiger partial charge in [-0.1, -0.05) is 24.3 Å². The average molecular weight is 359 g/mol. The molecule has 7 nitrogen and oxygen atoms in total. The number of fused-ring (bicyclic) bond motifs is 1. The first-order valence-corrected chi connectivity index (χ1v) is 9.00. The van der Waals surface area contributed by atoms with Crippen LogP contribution in [0, 0.1) is 0 Å². The molecule has 1 N–H and O–H groups in total. The van der Waals surface area contributed by atoms with Crippen LogP contribution >= 0.6 is 0 Å². The molecule has 0 saturated carbocycles. The minimum atomic E-state index is -3.74. The number of hydrogen-bond donors (Lipinski definition) is 1. The van der Waals surface area contributed by atoms with Crippen molar-refractivity contribution in [2.45, 2.75) is 4.90 Å². The Kier molecular flexibility index (Phi) is 4.82. The van der Waals surface area contributed by atoms with Gasteiger partial charge in [0.05, 0.1) is 26.5 Å². The summed E-state index contributed by atoms with van der Waals surface area (Å²) in [4.78, 5) is 0.143. The van der Waals surface area contributed by atoms with E-state index in [1.165, 1.54) is 11.1 Å². The van der Waals surface area contributed by atoms with Crippen LogP contribution in [-0.2, 0) is 10.0 Å². The molecule has 1 aliphatic rings. The second-order valence-electron chi connectivity index (χ2n) is 5.25. The van der Waals surface area contributed by atoms with Crippen LogP contribution in [0.15, 0.2) is 62.9 Å². The summed E-state index contributed by atoms with van der Waals surface area (Å²) in [5.74, 6) is 0.882. The van der Waals surface area contributed by atoms with Gasteiger partial charge in [0, 0.05) is 5.56 Å². The molecule has 1 heterocycles. The Morgan fingerprint density at radius 2 is 2.04 bits per heavy atom. The minimum Gasteiger partial charge on any atom is -0.497 e. The van der Waals surface area contributed by atoms with Crippen molar-refractivity contribution in [2.24, 2.45) is 9.50 Å². The Bertz CT molecular complexity index is 938. The first kappa shape index (κ1) is 17.1. The summed E-state index contributed by atoms with van der Waals surface area (Å²) >= 11 is 0. The summed E-state index contributed by atoms with van der Waals surface area (Å²) in [5.41, 5.74) is 1.25. The Labute approximate surface area is 145 Å². The molecule has 2 aromatic carbocycles. The third-order valence-electron chi connectivity index (χ3n) is 3.61. The summed E-state index contributed by atoms with van der Waals surface area (Å²) in [6, 6.07) is 13.8. The summed E-state index contributed by atoms with van der Waals surface area (Å²) < 4.78 is 33.4. The van der Waals surface area contributed by atoms with Crippen LogP contribution in [0.2, 0.25) is 0 Å². The van der Waals surface area contributed by atoms with Crippen LogP contribution in [0.3, 0.4) is 0 Å². The number of ether oxygens (including phenoxy) is 1. The van der Waals surface area contributed by atoms with Crippen molar-refractivity contribution in [2.75, 3.05) is 20.3 Å². The molecule has 25 heavy (non-hydrogen) atoms. The number of benzene rings is 2. The fraction of sp³-hybridized carbons (Fsp3) is 0.176. The molecule has 0 radical (unpaired) electrons. The van der Waals surface area contributed by atoms with E-state index in [-0.39, 0.29) is 23.9 Å². The lowest BCUT2D eigenvalue weighted by Gasteiger charge is -2.17. The lowest BCUT2D eigenvalue weighted by atomic mass is 10.2. The van der Waals surface area contributed by atoms with E-state index in [0.29, 0.717) is 11.3 Å². The van der Waals surface area contributed by atoms with E-state index >= 15 is 0 Å². The van der Waals surface area contributed by atoms with Crippen molar-refractivity contribution in [3.63, 3.8) is 0 Å². The standard InChI is InChI=1S/C17H17N3O4S/c1-24-14-6-4-5-13(11-14)12-18-20(9-10-21)17-15-7-2-3-8-16(15)25(22,23)19-17/h2-8,11-12,21H,9-10H2,1H3. The van der Waals surface area contributed by atoms with Gasteiger partial charge in [-0.15, -0.1) is 4.40 Å². The normalized spacial score (nSPS) is 15.0. The second kappa shape index (κ2) is 7.04. The molecule has 2 aromatic rings. The predicted octanol–water partition coefficient (Wildman–Crippen LogP) is 1.47. The van der Waals surface area contributed by atoms with Crippen molar-refractivity contribution in [3.8, 4) is 5.75 Å². The quantitative estimate of drug-likeness (QED) is 0.645. The number of rotatable bonds is 5. The maximum atomic E-state index is 12.2. The molecule has 0 atom stereocenters. The van der Waals surface area contributed by atoms with Gasteiger partial charge in [-0.2, -0.15) is 13.5 Å². The number of nitrogens with zero attached hydrogens (tertiary/aromatic N) is 3. The molecule has 0 aliphatic carbocycles. The lowest BCUT2D eigenvalue weighted by molar-refractivity contribution is 0.254. The Hall–Kier alpha value is -2.71. The topological polar surface area (TPSA) is 91.6 Å². The molecule has 0 amide bonds. The maximum absolute atomic E-state index is 12.2. The molecule has 130 valence electrons. The Balaban J connectivity index is 1.96. The Morgan fingerprint density at radius 1 is 1.24 bits per heavy atom. The highest BCUT2D eigenvalue weighted by Crippen LogP contribution is 2.27. The van der Waals surface area contributed by atoms with Crippen molar-refractivity contribution in [1.82, 2.24) is 5.01 Å². The molecule has 0 aromatic heterocycles. The number of methoxy groups -OCH3 is 1. The summed E-state index contributed by atoms with van der Waals surface area (Å²) in [6.07, 6.45) is 1.56. The number of hydrazone groups is 1. The molecule has 8 heteroatoms. The van der Waals surface area contributed by atoms with Crippen molar-refractivity contribution in [1.29, 1.82) is 0 Å². The van der Waals surface area contributed by atoms with Gasteiger partial charge < -0.3 is 9.84 Å². The number of amidine groups is 1. The summed E-state index contributed by atoms with van der Waals surface area (Å²) in [5, 5.41) is 15.0. The van der Waals surface area contributed by atoms with Crippen molar-refractivity contribution >= 4 is 22.1 Å². The van der Waals surface area contributed by atoms with Gasteiger partial charge >= 0.3 is 0 Å². The highest BCUT2D eigenvalue weighted by Gasteiger charge is 2.31. The Morgan fingerprint density at radius 3 is 2.80 bits per heavy atom. The third-order valence-corrected chi connectivity index (χ3v) is 4.93. The zero-order valence-corrected chi connectivity index (χ0v) is 14.3. The van der Waals surface area contributed by atoms with Gasteiger partial charge in [0.1, 0.15) is 10.6 Å². The smallest absolute Gasteiger partial charge is 0.285 e. The fourth-order valence-corrected chi connectivity index (χ4v) is 3.65. The maximum Gasteiger partial charge on any atom is 0.285 e. The third kappa shape index (κ3) is 3.54. The van der Waals surface area contributed by atoms with Crippen LogP contribution in [-0.4, -0.2) is 50.8 Å². The van der Waals surface area contributed by atoms with Gasteiger partial charge in [0.15, 0.2) is 5.84 Å². The van der Waals surface area contributed by atoms with E-state index in [4.69, 9.17) is 4.74 Å².